The fraction of sp³-hybridized carbons (Fsp3) is 0.316. The Bertz CT molecular complexity index is 783. The molecule has 2 aromatic carbocycles. The molecule has 0 amide bonds. The quantitative estimate of drug-likeness (QED) is 0.854. The van der Waals surface area contributed by atoms with Gasteiger partial charge in [-0.15, -0.1) is 0 Å². The molecule has 0 saturated heterocycles. The zero-order valence-electron chi connectivity index (χ0n) is 13.5. The van der Waals surface area contributed by atoms with Crippen LogP contribution in [0.2, 0.25) is 0 Å². The lowest BCUT2D eigenvalue weighted by Crippen LogP contribution is -2.35. The number of carboxylic acids is 1. The average Bonchev–Trinajstić information content (AvgIpc) is 2.47. The Morgan fingerprint density at radius 3 is 2.70 bits per heavy atom. The minimum atomic E-state index is -0.922. The summed E-state index contributed by atoms with van der Waals surface area (Å²) in [6, 6.07) is 9.96. The number of fused-ring (bicyclic) bond motifs is 1. The Labute approximate surface area is 135 Å². The Morgan fingerprint density at radius 2 is 2.00 bits per heavy atom. The average molecular weight is 313 g/mol. The minimum Gasteiger partial charge on any atom is -0.478 e. The van der Waals surface area contributed by atoms with Crippen molar-refractivity contribution < 1.29 is 14.3 Å². The minimum absolute atomic E-state index is 0.0265. The highest BCUT2D eigenvalue weighted by atomic mass is 19.1. The van der Waals surface area contributed by atoms with Crippen molar-refractivity contribution in [3.8, 4) is 0 Å². The largest absolute Gasteiger partial charge is 0.478 e. The Morgan fingerprint density at radius 1 is 1.26 bits per heavy atom. The Balaban J connectivity index is 2.05. The van der Waals surface area contributed by atoms with Crippen LogP contribution in [0.25, 0.3) is 0 Å². The Hall–Kier alpha value is -2.36. The number of hydrogen-bond donors (Lipinski definition) is 2. The van der Waals surface area contributed by atoms with E-state index in [9.17, 15) is 9.18 Å². The number of carboxylic acid groups (broad SMARTS) is 1. The van der Waals surface area contributed by atoms with E-state index in [1.54, 1.807) is 30.3 Å². The molecule has 4 heteroatoms. The van der Waals surface area contributed by atoms with Crippen LogP contribution in [0, 0.1) is 18.2 Å². The second-order valence-corrected chi connectivity index (χ2v) is 6.92. The number of hydrogen-bond acceptors (Lipinski definition) is 2. The maximum absolute atomic E-state index is 13.7. The van der Waals surface area contributed by atoms with Gasteiger partial charge in [0.2, 0.25) is 0 Å². The summed E-state index contributed by atoms with van der Waals surface area (Å²) in [4.78, 5) is 11.2. The van der Waals surface area contributed by atoms with Gasteiger partial charge in [-0.25, -0.2) is 9.18 Å². The molecule has 0 spiro atoms. The molecule has 3 rings (SSSR count). The van der Waals surface area contributed by atoms with Crippen molar-refractivity contribution in [1.82, 2.24) is 0 Å². The van der Waals surface area contributed by atoms with Crippen LogP contribution >= 0.6 is 0 Å². The van der Waals surface area contributed by atoms with E-state index in [1.807, 2.05) is 6.92 Å². The van der Waals surface area contributed by atoms with Crippen LogP contribution in [0.5, 0.6) is 0 Å². The maximum Gasteiger partial charge on any atom is 0.335 e. The van der Waals surface area contributed by atoms with Gasteiger partial charge in [-0.1, -0.05) is 19.9 Å². The zero-order valence-corrected chi connectivity index (χ0v) is 13.5. The summed E-state index contributed by atoms with van der Waals surface area (Å²) in [5.41, 5.74) is 4.03. The van der Waals surface area contributed by atoms with Crippen molar-refractivity contribution in [1.29, 1.82) is 0 Å². The van der Waals surface area contributed by atoms with E-state index in [0.29, 0.717) is 5.56 Å². The summed E-state index contributed by atoms with van der Waals surface area (Å²) in [6.07, 6.45) is 0.733. The second-order valence-electron chi connectivity index (χ2n) is 6.92. The normalized spacial score (nSPS) is 18.9. The van der Waals surface area contributed by atoms with Gasteiger partial charge in [-0.2, -0.15) is 0 Å². The highest BCUT2D eigenvalue weighted by Crippen LogP contribution is 2.45. The third-order valence-corrected chi connectivity index (χ3v) is 4.63. The van der Waals surface area contributed by atoms with Crippen LogP contribution < -0.4 is 5.32 Å². The number of nitrogens with one attached hydrogen (secondary N) is 1. The summed E-state index contributed by atoms with van der Waals surface area (Å²) >= 11 is 0. The second kappa shape index (κ2) is 5.37. The molecular formula is C19H20FNO2. The van der Waals surface area contributed by atoms with E-state index in [0.717, 1.165) is 28.8 Å². The molecule has 0 aliphatic carbocycles. The first-order valence-corrected chi connectivity index (χ1v) is 7.67. The Kier molecular flexibility index (Phi) is 3.63. The van der Waals surface area contributed by atoms with Crippen LogP contribution in [0.1, 0.15) is 46.9 Å². The molecule has 23 heavy (non-hydrogen) atoms. The number of aryl methyl sites for hydroxylation is 1. The number of anilines is 1. The molecule has 1 aliphatic heterocycles. The van der Waals surface area contributed by atoms with Crippen LogP contribution in [0.15, 0.2) is 36.4 Å². The van der Waals surface area contributed by atoms with E-state index in [2.05, 4.69) is 19.2 Å². The van der Waals surface area contributed by atoms with Gasteiger partial charge in [0, 0.05) is 5.69 Å². The summed E-state index contributed by atoms with van der Waals surface area (Å²) in [5.74, 6) is -1.16. The third kappa shape index (κ3) is 2.81. The molecule has 1 aliphatic rings. The maximum atomic E-state index is 13.7. The molecule has 0 radical (unpaired) electrons. The van der Waals surface area contributed by atoms with E-state index in [-0.39, 0.29) is 17.3 Å². The number of carbonyl (C=O) groups is 1. The van der Waals surface area contributed by atoms with E-state index in [4.69, 9.17) is 5.11 Å². The van der Waals surface area contributed by atoms with Crippen LogP contribution in [-0.4, -0.2) is 11.1 Å². The number of benzene rings is 2. The van der Waals surface area contributed by atoms with Crippen molar-refractivity contribution in [2.45, 2.75) is 33.2 Å². The molecule has 0 bridgehead atoms. The number of halogens is 1. The molecule has 2 aromatic rings. The van der Waals surface area contributed by atoms with Crippen molar-refractivity contribution in [2.75, 3.05) is 5.32 Å². The SMILES string of the molecule is Cc1ccc(F)cc1C1Nc2ccc(C(=O)O)cc2CC1(C)C. The molecule has 0 fully saturated rings. The van der Waals surface area contributed by atoms with Crippen molar-refractivity contribution in [2.24, 2.45) is 5.41 Å². The van der Waals surface area contributed by atoms with Crippen molar-refractivity contribution in [3.63, 3.8) is 0 Å². The van der Waals surface area contributed by atoms with Crippen LogP contribution in [0.3, 0.4) is 0 Å². The summed E-state index contributed by atoms with van der Waals surface area (Å²) in [7, 11) is 0. The molecular weight excluding hydrogens is 293 g/mol. The molecule has 1 heterocycles. The first-order valence-electron chi connectivity index (χ1n) is 7.67. The van der Waals surface area contributed by atoms with Crippen LogP contribution in [0.4, 0.5) is 10.1 Å². The molecule has 2 N–H and O–H groups in total. The highest BCUT2D eigenvalue weighted by molar-refractivity contribution is 5.88. The predicted molar refractivity (Wildman–Crippen MR) is 88.4 cm³/mol. The fourth-order valence-electron chi connectivity index (χ4n) is 3.38. The van der Waals surface area contributed by atoms with Gasteiger partial charge >= 0.3 is 5.97 Å². The summed E-state index contributed by atoms with van der Waals surface area (Å²) in [6.45, 7) is 6.21. The van der Waals surface area contributed by atoms with Gasteiger partial charge in [0.15, 0.2) is 0 Å². The smallest absolute Gasteiger partial charge is 0.335 e. The molecule has 3 nitrogen and oxygen atoms in total. The number of rotatable bonds is 2. The molecule has 1 unspecified atom stereocenters. The summed E-state index contributed by atoms with van der Waals surface area (Å²) in [5, 5.41) is 12.6. The van der Waals surface area contributed by atoms with Gasteiger partial charge in [-0.3, -0.25) is 0 Å². The lowest BCUT2D eigenvalue weighted by molar-refractivity contribution is 0.0696. The monoisotopic (exact) mass is 313 g/mol. The summed E-state index contributed by atoms with van der Waals surface area (Å²) < 4.78 is 13.7. The first kappa shape index (κ1) is 15.5. The molecule has 0 saturated carbocycles. The van der Waals surface area contributed by atoms with E-state index in [1.165, 1.54) is 6.07 Å². The molecule has 120 valence electrons. The molecule has 0 aromatic heterocycles. The predicted octanol–water partition coefficient (Wildman–Crippen LogP) is 4.57. The van der Waals surface area contributed by atoms with Crippen molar-refractivity contribution in [3.05, 3.63) is 64.5 Å². The standard InChI is InChI=1S/C19H20FNO2/c1-11-4-6-14(20)9-15(11)17-19(2,3)10-13-8-12(18(22)23)5-7-16(13)21-17/h4-9,17,21H,10H2,1-3H3,(H,22,23). The van der Waals surface area contributed by atoms with Gasteiger partial charge in [0.05, 0.1) is 11.6 Å². The topological polar surface area (TPSA) is 49.3 Å². The van der Waals surface area contributed by atoms with Gasteiger partial charge < -0.3 is 10.4 Å². The van der Waals surface area contributed by atoms with Crippen molar-refractivity contribution >= 4 is 11.7 Å². The first-order chi connectivity index (χ1) is 10.8. The number of aromatic carboxylic acids is 1. The lowest BCUT2D eigenvalue weighted by atomic mass is 9.72. The van der Waals surface area contributed by atoms with E-state index >= 15 is 0 Å². The lowest BCUT2D eigenvalue weighted by Gasteiger charge is -2.42. The van der Waals surface area contributed by atoms with E-state index < -0.39 is 5.97 Å². The molecule has 1 atom stereocenters. The van der Waals surface area contributed by atoms with Crippen LogP contribution in [-0.2, 0) is 6.42 Å². The highest BCUT2D eigenvalue weighted by Gasteiger charge is 2.37. The zero-order chi connectivity index (χ0) is 16.8. The van der Waals surface area contributed by atoms with Gasteiger partial charge in [0.25, 0.3) is 0 Å². The van der Waals surface area contributed by atoms with Gasteiger partial charge in [0.1, 0.15) is 5.82 Å². The van der Waals surface area contributed by atoms with Gasteiger partial charge in [-0.05, 0) is 65.8 Å². The third-order valence-electron chi connectivity index (χ3n) is 4.63. The fourth-order valence-corrected chi connectivity index (χ4v) is 3.38.